The third-order valence-electron chi connectivity index (χ3n) is 2.61. The molecule has 0 N–H and O–H groups in total. The second kappa shape index (κ2) is 4.47. The zero-order valence-electron chi connectivity index (χ0n) is 9.79. The molecule has 1 amide bonds. The summed E-state index contributed by atoms with van der Waals surface area (Å²) in [5.41, 5.74) is 1.63. The van der Waals surface area contributed by atoms with Crippen LogP contribution in [0.4, 0.5) is 5.13 Å². The first-order chi connectivity index (χ1) is 8.78. The number of methoxy groups -OCH3 is 1. The molecule has 18 heavy (non-hydrogen) atoms. The van der Waals surface area contributed by atoms with E-state index in [1.54, 1.807) is 7.11 Å². The quantitative estimate of drug-likeness (QED) is 0.849. The summed E-state index contributed by atoms with van der Waals surface area (Å²) in [6, 6.07) is 7.79. The van der Waals surface area contributed by atoms with E-state index in [4.69, 9.17) is 4.74 Å². The Balaban J connectivity index is 1.96. The number of thiazole rings is 1. The van der Waals surface area contributed by atoms with Crippen molar-refractivity contribution in [3.8, 4) is 0 Å². The first-order valence-electron chi connectivity index (χ1n) is 5.52. The summed E-state index contributed by atoms with van der Waals surface area (Å²) >= 11 is 1.46. The van der Waals surface area contributed by atoms with Gasteiger partial charge in [0, 0.05) is 7.11 Å². The van der Waals surface area contributed by atoms with Crippen LogP contribution in [0.3, 0.4) is 0 Å². The molecule has 0 atom stereocenters. The van der Waals surface area contributed by atoms with Crippen LogP contribution in [-0.2, 0) is 9.53 Å². The minimum atomic E-state index is -0.0545. The number of rotatable bonds is 3. The van der Waals surface area contributed by atoms with Gasteiger partial charge in [0.1, 0.15) is 0 Å². The van der Waals surface area contributed by atoms with E-state index in [-0.39, 0.29) is 5.91 Å². The van der Waals surface area contributed by atoms with E-state index in [0.29, 0.717) is 18.2 Å². The Hall–Kier alpha value is -1.79. The average Bonchev–Trinajstić information content (AvgIpc) is 2.92. The van der Waals surface area contributed by atoms with Crippen LogP contribution in [0.5, 0.6) is 0 Å². The fourth-order valence-corrected chi connectivity index (χ4v) is 2.76. The summed E-state index contributed by atoms with van der Waals surface area (Å²) in [4.78, 5) is 16.3. The molecule has 0 radical (unpaired) electrons. The molecular formula is C12H11N3O2S. The van der Waals surface area contributed by atoms with Crippen molar-refractivity contribution in [2.75, 3.05) is 18.7 Å². The Morgan fingerprint density at radius 3 is 3.06 bits per heavy atom. The average molecular weight is 261 g/mol. The summed E-state index contributed by atoms with van der Waals surface area (Å²) in [5, 5.41) is 6.24. The molecule has 1 aliphatic rings. The third-order valence-corrected chi connectivity index (χ3v) is 3.62. The van der Waals surface area contributed by atoms with Gasteiger partial charge in [-0.05, 0) is 12.1 Å². The number of fused-ring (bicyclic) bond motifs is 1. The molecule has 6 heteroatoms. The summed E-state index contributed by atoms with van der Waals surface area (Å²) in [5.74, 6) is -0.0545. The van der Waals surface area contributed by atoms with Crippen molar-refractivity contribution >= 4 is 38.3 Å². The van der Waals surface area contributed by atoms with Gasteiger partial charge >= 0.3 is 0 Å². The first-order valence-corrected chi connectivity index (χ1v) is 6.33. The number of para-hydroxylation sites is 1. The lowest BCUT2D eigenvalue weighted by Crippen LogP contribution is -2.19. The summed E-state index contributed by atoms with van der Waals surface area (Å²) in [6.07, 6.45) is 0.309. The Morgan fingerprint density at radius 2 is 2.28 bits per heavy atom. The molecule has 0 unspecified atom stereocenters. The second-order valence-electron chi connectivity index (χ2n) is 3.95. The molecule has 5 nitrogen and oxygen atoms in total. The van der Waals surface area contributed by atoms with Gasteiger partial charge in [-0.2, -0.15) is 10.1 Å². The molecule has 0 aliphatic carbocycles. The third kappa shape index (κ3) is 1.89. The van der Waals surface area contributed by atoms with Gasteiger partial charge in [-0.1, -0.05) is 23.5 Å². The molecule has 92 valence electrons. The summed E-state index contributed by atoms with van der Waals surface area (Å²) < 4.78 is 6.04. The predicted molar refractivity (Wildman–Crippen MR) is 71.0 cm³/mol. The van der Waals surface area contributed by atoms with Crippen LogP contribution in [0.1, 0.15) is 6.42 Å². The molecule has 1 aromatic carbocycles. The van der Waals surface area contributed by atoms with Gasteiger partial charge in [0.05, 0.1) is 29.0 Å². The molecule has 0 saturated carbocycles. The number of amides is 1. The van der Waals surface area contributed by atoms with Crippen LogP contribution in [0.2, 0.25) is 0 Å². The molecular weight excluding hydrogens is 250 g/mol. The van der Waals surface area contributed by atoms with Gasteiger partial charge < -0.3 is 4.74 Å². The van der Waals surface area contributed by atoms with E-state index in [2.05, 4.69) is 10.1 Å². The number of hydrogen-bond donors (Lipinski definition) is 0. The summed E-state index contributed by atoms with van der Waals surface area (Å²) in [7, 11) is 1.59. The van der Waals surface area contributed by atoms with E-state index in [1.165, 1.54) is 16.3 Å². The van der Waals surface area contributed by atoms with Crippen molar-refractivity contribution in [1.82, 2.24) is 4.98 Å². The zero-order valence-corrected chi connectivity index (χ0v) is 10.6. The molecule has 0 bridgehead atoms. The molecule has 1 aliphatic heterocycles. The van der Waals surface area contributed by atoms with Gasteiger partial charge in [-0.15, -0.1) is 0 Å². The van der Waals surface area contributed by atoms with Crippen molar-refractivity contribution in [2.24, 2.45) is 5.10 Å². The number of benzene rings is 1. The summed E-state index contributed by atoms with van der Waals surface area (Å²) in [6.45, 7) is 0.382. The molecule has 0 spiro atoms. The van der Waals surface area contributed by atoms with E-state index in [9.17, 15) is 4.79 Å². The van der Waals surface area contributed by atoms with Gasteiger partial charge in [0.25, 0.3) is 5.91 Å². The molecule has 0 saturated heterocycles. The SMILES string of the molecule is COCC1=NN(c2nc3ccccc3s2)C(=O)C1. The van der Waals surface area contributed by atoms with Crippen molar-refractivity contribution in [1.29, 1.82) is 0 Å². The van der Waals surface area contributed by atoms with Crippen LogP contribution in [0.25, 0.3) is 10.2 Å². The van der Waals surface area contributed by atoms with E-state index in [0.717, 1.165) is 15.9 Å². The van der Waals surface area contributed by atoms with Gasteiger partial charge in [0.2, 0.25) is 5.13 Å². The zero-order chi connectivity index (χ0) is 12.5. The highest BCUT2D eigenvalue weighted by Crippen LogP contribution is 2.30. The van der Waals surface area contributed by atoms with Gasteiger partial charge in [-0.3, -0.25) is 4.79 Å². The number of anilines is 1. The molecule has 2 heterocycles. The van der Waals surface area contributed by atoms with Gasteiger partial charge in [-0.25, -0.2) is 4.98 Å². The van der Waals surface area contributed by atoms with Crippen LogP contribution in [0, 0.1) is 0 Å². The van der Waals surface area contributed by atoms with Crippen molar-refractivity contribution in [3.63, 3.8) is 0 Å². The van der Waals surface area contributed by atoms with Crippen molar-refractivity contribution < 1.29 is 9.53 Å². The minimum Gasteiger partial charge on any atom is -0.379 e. The van der Waals surface area contributed by atoms with E-state index >= 15 is 0 Å². The number of carbonyl (C=O) groups is 1. The van der Waals surface area contributed by atoms with Crippen LogP contribution in [0.15, 0.2) is 29.4 Å². The first kappa shape index (κ1) is 11.3. The largest absolute Gasteiger partial charge is 0.379 e. The Morgan fingerprint density at radius 1 is 1.44 bits per heavy atom. The molecule has 0 fully saturated rings. The maximum absolute atomic E-state index is 11.9. The van der Waals surface area contributed by atoms with Crippen LogP contribution >= 0.6 is 11.3 Å². The van der Waals surface area contributed by atoms with E-state index in [1.807, 2.05) is 24.3 Å². The monoisotopic (exact) mass is 261 g/mol. The van der Waals surface area contributed by atoms with Crippen molar-refractivity contribution in [2.45, 2.75) is 6.42 Å². The molecule has 1 aromatic heterocycles. The highest BCUT2D eigenvalue weighted by Gasteiger charge is 2.27. The fraction of sp³-hybridized carbons (Fsp3) is 0.250. The van der Waals surface area contributed by atoms with Crippen molar-refractivity contribution in [3.05, 3.63) is 24.3 Å². The van der Waals surface area contributed by atoms with Crippen LogP contribution in [-0.4, -0.2) is 30.3 Å². The number of hydrazone groups is 1. The second-order valence-corrected chi connectivity index (χ2v) is 4.95. The predicted octanol–water partition coefficient (Wildman–Crippen LogP) is 2.04. The molecule has 2 aromatic rings. The maximum Gasteiger partial charge on any atom is 0.255 e. The maximum atomic E-state index is 11.9. The standard InChI is InChI=1S/C12H11N3O2S/c1-17-7-8-6-11(16)15(14-8)12-13-9-4-2-3-5-10(9)18-12/h2-5H,6-7H2,1H3. The Kier molecular flexibility index (Phi) is 2.81. The number of carbonyl (C=O) groups excluding carboxylic acids is 1. The highest BCUT2D eigenvalue weighted by atomic mass is 32.1. The van der Waals surface area contributed by atoms with E-state index < -0.39 is 0 Å². The normalized spacial score (nSPS) is 15.5. The highest BCUT2D eigenvalue weighted by molar-refractivity contribution is 7.22. The lowest BCUT2D eigenvalue weighted by atomic mass is 10.3. The number of nitrogens with zero attached hydrogens (tertiary/aromatic N) is 3. The number of hydrogen-bond acceptors (Lipinski definition) is 5. The lowest BCUT2D eigenvalue weighted by molar-refractivity contribution is -0.116. The molecule has 3 rings (SSSR count). The lowest BCUT2D eigenvalue weighted by Gasteiger charge is -2.05. The van der Waals surface area contributed by atoms with Crippen LogP contribution < -0.4 is 5.01 Å². The van der Waals surface area contributed by atoms with Gasteiger partial charge in [0.15, 0.2) is 0 Å². The smallest absolute Gasteiger partial charge is 0.255 e. The Bertz CT molecular complexity index is 602. The number of aromatic nitrogens is 1. The minimum absolute atomic E-state index is 0.0545. The topological polar surface area (TPSA) is 54.8 Å². The number of ether oxygens (including phenoxy) is 1. The fourth-order valence-electron chi connectivity index (χ4n) is 1.83. The Labute approximate surface area is 108 Å².